The largest absolute Gasteiger partial charge is 0.246 e. The van der Waals surface area contributed by atoms with E-state index in [1.165, 1.54) is 28.4 Å². The molecule has 1 aliphatic rings. The highest BCUT2D eigenvalue weighted by atomic mass is 32.1. The first-order valence-electron chi connectivity index (χ1n) is 4.65. The molecule has 0 saturated heterocycles. The summed E-state index contributed by atoms with van der Waals surface area (Å²) in [7, 11) is 0. The molecule has 0 spiro atoms. The molecule has 0 radical (unpaired) electrons. The van der Waals surface area contributed by atoms with E-state index in [0.29, 0.717) is 5.92 Å². The third-order valence-electron chi connectivity index (χ3n) is 2.30. The van der Waals surface area contributed by atoms with Crippen LogP contribution in [0.5, 0.6) is 0 Å². The van der Waals surface area contributed by atoms with Gasteiger partial charge < -0.3 is 0 Å². The van der Waals surface area contributed by atoms with Crippen LogP contribution in [-0.2, 0) is 0 Å². The van der Waals surface area contributed by atoms with Gasteiger partial charge in [0.1, 0.15) is 0 Å². The molecular formula is C10H15NS. The van der Waals surface area contributed by atoms with Crippen LogP contribution in [0.25, 0.3) is 0 Å². The van der Waals surface area contributed by atoms with Crippen LogP contribution in [0, 0.1) is 6.92 Å². The lowest BCUT2D eigenvalue weighted by atomic mass is 10.1. The third kappa shape index (κ3) is 1.40. The Balaban J connectivity index is 2.30. The lowest BCUT2D eigenvalue weighted by Crippen LogP contribution is -1.84. The van der Waals surface area contributed by atoms with Crippen molar-refractivity contribution in [1.82, 2.24) is 4.98 Å². The Labute approximate surface area is 77.8 Å². The van der Waals surface area contributed by atoms with Gasteiger partial charge in [-0.2, -0.15) is 0 Å². The monoisotopic (exact) mass is 181 g/mol. The van der Waals surface area contributed by atoms with Crippen molar-refractivity contribution in [2.45, 2.75) is 45.4 Å². The zero-order chi connectivity index (χ0) is 8.72. The van der Waals surface area contributed by atoms with Gasteiger partial charge in [-0.1, -0.05) is 13.8 Å². The van der Waals surface area contributed by atoms with Crippen molar-refractivity contribution >= 4 is 11.3 Å². The minimum absolute atomic E-state index is 0.648. The van der Waals surface area contributed by atoms with Crippen LogP contribution in [0.2, 0.25) is 0 Å². The number of aromatic nitrogens is 1. The van der Waals surface area contributed by atoms with Gasteiger partial charge in [-0.05, 0) is 25.7 Å². The highest BCUT2D eigenvalue weighted by molar-refractivity contribution is 7.12. The molecule has 2 heteroatoms. The summed E-state index contributed by atoms with van der Waals surface area (Å²) < 4.78 is 0. The Morgan fingerprint density at radius 3 is 2.50 bits per heavy atom. The maximum absolute atomic E-state index is 4.61. The maximum atomic E-state index is 4.61. The van der Waals surface area contributed by atoms with Gasteiger partial charge in [-0.15, -0.1) is 11.3 Å². The third-order valence-corrected chi connectivity index (χ3v) is 3.92. The number of hydrogen-bond acceptors (Lipinski definition) is 2. The molecule has 0 atom stereocenters. The molecule has 0 N–H and O–H groups in total. The fourth-order valence-corrected chi connectivity index (χ4v) is 2.71. The molecule has 2 rings (SSSR count). The van der Waals surface area contributed by atoms with E-state index in [2.05, 4.69) is 25.8 Å². The summed E-state index contributed by atoms with van der Waals surface area (Å²) in [5, 5.41) is 1.39. The minimum atomic E-state index is 0.648. The molecule has 0 aliphatic heterocycles. The van der Waals surface area contributed by atoms with Crippen LogP contribution in [0.15, 0.2) is 0 Å². The maximum Gasteiger partial charge on any atom is 0.0961 e. The van der Waals surface area contributed by atoms with E-state index >= 15 is 0 Å². The number of aryl methyl sites for hydroxylation is 1. The Bertz CT molecular complexity index is 284. The summed E-state index contributed by atoms with van der Waals surface area (Å²) >= 11 is 1.93. The number of hydrogen-bond donors (Lipinski definition) is 0. The van der Waals surface area contributed by atoms with Crippen LogP contribution in [0.1, 0.15) is 54.1 Å². The minimum Gasteiger partial charge on any atom is -0.246 e. The lowest BCUT2D eigenvalue weighted by Gasteiger charge is -1.99. The fourth-order valence-electron chi connectivity index (χ4n) is 1.47. The standard InChI is InChI=1S/C10H15NS/c1-6(2)9-7(3)11-10(12-9)8-4-5-8/h6,8H,4-5H2,1-3H3. The van der Waals surface area contributed by atoms with E-state index in [9.17, 15) is 0 Å². The van der Waals surface area contributed by atoms with Crippen molar-refractivity contribution in [2.24, 2.45) is 0 Å². The van der Waals surface area contributed by atoms with Gasteiger partial charge in [0.2, 0.25) is 0 Å². The van der Waals surface area contributed by atoms with Crippen LogP contribution in [0.4, 0.5) is 0 Å². The van der Waals surface area contributed by atoms with Crippen LogP contribution in [0.3, 0.4) is 0 Å². The quantitative estimate of drug-likeness (QED) is 0.681. The Hall–Kier alpha value is -0.370. The number of nitrogens with zero attached hydrogens (tertiary/aromatic N) is 1. The molecule has 0 bridgehead atoms. The molecule has 0 aromatic carbocycles. The predicted molar refractivity (Wildman–Crippen MR) is 52.9 cm³/mol. The topological polar surface area (TPSA) is 12.9 Å². The average molecular weight is 181 g/mol. The summed E-state index contributed by atoms with van der Waals surface area (Å²) in [5.41, 5.74) is 1.26. The fraction of sp³-hybridized carbons (Fsp3) is 0.700. The molecule has 1 nitrogen and oxygen atoms in total. The van der Waals surface area contributed by atoms with Gasteiger partial charge in [0.15, 0.2) is 0 Å². The van der Waals surface area contributed by atoms with Gasteiger partial charge in [0, 0.05) is 10.8 Å². The van der Waals surface area contributed by atoms with Crippen molar-refractivity contribution in [3.05, 3.63) is 15.6 Å². The van der Waals surface area contributed by atoms with Gasteiger partial charge in [-0.25, -0.2) is 4.98 Å². The first kappa shape index (κ1) is 8.24. The second-order valence-corrected chi connectivity index (χ2v) is 4.99. The molecular weight excluding hydrogens is 166 g/mol. The van der Waals surface area contributed by atoms with Gasteiger partial charge >= 0.3 is 0 Å². The summed E-state index contributed by atoms with van der Waals surface area (Å²) in [4.78, 5) is 6.10. The summed E-state index contributed by atoms with van der Waals surface area (Å²) in [6.07, 6.45) is 2.73. The van der Waals surface area contributed by atoms with E-state index < -0.39 is 0 Å². The highest BCUT2D eigenvalue weighted by Crippen LogP contribution is 2.43. The highest BCUT2D eigenvalue weighted by Gasteiger charge is 2.27. The van der Waals surface area contributed by atoms with Crippen molar-refractivity contribution in [2.75, 3.05) is 0 Å². The molecule has 0 amide bonds. The number of thiazole rings is 1. The molecule has 1 aliphatic carbocycles. The summed E-state index contributed by atoms with van der Waals surface area (Å²) in [5.74, 6) is 1.47. The van der Waals surface area contributed by atoms with Gasteiger partial charge in [-0.3, -0.25) is 0 Å². The molecule has 12 heavy (non-hydrogen) atoms. The van der Waals surface area contributed by atoms with Crippen molar-refractivity contribution in [1.29, 1.82) is 0 Å². The van der Waals surface area contributed by atoms with Crippen molar-refractivity contribution < 1.29 is 0 Å². The zero-order valence-corrected chi connectivity index (χ0v) is 8.74. The van der Waals surface area contributed by atoms with Gasteiger partial charge in [0.05, 0.1) is 10.7 Å². The van der Waals surface area contributed by atoms with Gasteiger partial charge in [0.25, 0.3) is 0 Å². The van der Waals surface area contributed by atoms with Crippen molar-refractivity contribution in [3.8, 4) is 0 Å². The van der Waals surface area contributed by atoms with E-state index in [0.717, 1.165) is 5.92 Å². The van der Waals surface area contributed by atoms with E-state index in [1.54, 1.807) is 0 Å². The molecule has 1 aromatic rings. The Morgan fingerprint density at radius 1 is 1.42 bits per heavy atom. The Morgan fingerprint density at radius 2 is 2.08 bits per heavy atom. The van der Waals surface area contributed by atoms with Crippen molar-refractivity contribution in [3.63, 3.8) is 0 Å². The van der Waals surface area contributed by atoms with E-state index in [-0.39, 0.29) is 0 Å². The first-order valence-corrected chi connectivity index (χ1v) is 5.47. The summed E-state index contributed by atoms with van der Waals surface area (Å²) in [6, 6.07) is 0. The summed E-state index contributed by atoms with van der Waals surface area (Å²) in [6.45, 7) is 6.63. The number of rotatable bonds is 2. The second kappa shape index (κ2) is 2.84. The van der Waals surface area contributed by atoms with E-state index in [4.69, 9.17) is 0 Å². The van der Waals surface area contributed by atoms with Crippen LogP contribution >= 0.6 is 11.3 Å². The predicted octanol–water partition coefficient (Wildman–Crippen LogP) is 3.45. The smallest absolute Gasteiger partial charge is 0.0961 e. The lowest BCUT2D eigenvalue weighted by molar-refractivity contribution is 0.871. The molecule has 1 heterocycles. The first-order chi connectivity index (χ1) is 5.68. The molecule has 0 unspecified atom stereocenters. The normalized spacial score (nSPS) is 17.3. The average Bonchev–Trinajstić information content (AvgIpc) is 2.75. The SMILES string of the molecule is Cc1nc(C2CC2)sc1C(C)C. The Kier molecular flexibility index (Phi) is 1.95. The molecule has 1 saturated carbocycles. The zero-order valence-electron chi connectivity index (χ0n) is 7.92. The van der Waals surface area contributed by atoms with Crippen LogP contribution < -0.4 is 0 Å². The van der Waals surface area contributed by atoms with Crippen LogP contribution in [-0.4, -0.2) is 4.98 Å². The molecule has 66 valence electrons. The second-order valence-electron chi connectivity index (χ2n) is 3.93. The molecule has 1 fully saturated rings. The molecule has 1 aromatic heterocycles. The van der Waals surface area contributed by atoms with E-state index in [1.807, 2.05) is 11.3 Å².